The summed E-state index contributed by atoms with van der Waals surface area (Å²) in [6.45, 7) is 2.79. The highest BCUT2D eigenvalue weighted by Crippen LogP contribution is 2.29. The van der Waals surface area contributed by atoms with Crippen LogP contribution < -0.4 is 9.47 Å². The van der Waals surface area contributed by atoms with E-state index in [1.165, 1.54) is 0 Å². The van der Waals surface area contributed by atoms with Gasteiger partial charge in [0, 0.05) is 11.1 Å². The predicted octanol–water partition coefficient (Wildman–Crippen LogP) is 2.81. The van der Waals surface area contributed by atoms with Gasteiger partial charge in [-0.15, -0.1) is 0 Å². The van der Waals surface area contributed by atoms with E-state index in [2.05, 4.69) is 0 Å². The van der Waals surface area contributed by atoms with Gasteiger partial charge in [0.25, 0.3) is 0 Å². The number of carbonyl (C=O) groups is 1. The number of methoxy groups -OCH3 is 1. The monoisotopic (exact) mass is 262 g/mol. The van der Waals surface area contributed by atoms with Gasteiger partial charge in [-0.3, -0.25) is 0 Å². The highest BCUT2D eigenvalue weighted by molar-refractivity contribution is 5.94. The molecule has 0 saturated carbocycles. The third-order valence-corrected chi connectivity index (χ3v) is 2.93. The molecule has 4 nitrogen and oxygen atoms in total. The van der Waals surface area contributed by atoms with E-state index >= 15 is 0 Å². The molecule has 1 heterocycles. The highest BCUT2D eigenvalue weighted by atomic mass is 16.5. The predicted molar refractivity (Wildman–Crippen MR) is 72.3 cm³/mol. The van der Waals surface area contributed by atoms with Gasteiger partial charge >= 0.3 is 5.97 Å². The Morgan fingerprint density at radius 2 is 2.26 bits per heavy atom. The van der Waals surface area contributed by atoms with Crippen molar-refractivity contribution < 1.29 is 19.0 Å². The topological polar surface area (TPSA) is 44.8 Å². The zero-order chi connectivity index (χ0) is 13.7. The lowest BCUT2D eigenvalue weighted by Crippen LogP contribution is -2.11. The van der Waals surface area contributed by atoms with E-state index < -0.39 is 0 Å². The third kappa shape index (κ3) is 3.28. The highest BCUT2D eigenvalue weighted by Gasteiger charge is 2.15. The summed E-state index contributed by atoms with van der Waals surface area (Å²) >= 11 is 0. The van der Waals surface area contributed by atoms with Crippen molar-refractivity contribution in [2.45, 2.75) is 19.8 Å². The summed E-state index contributed by atoms with van der Waals surface area (Å²) in [4.78, 5) is 11.9. The number of carbonyl (C=O) groups excluding carboxylic acids is 1. The maximum Gasteiger partial charge on any atom is 0.334 e. The minimum atomic E-state index is -0.252. The summed E-state index contributed by atoms with van der Waals surface area (Å²) in [6, 6.07) is 5.57. The fourth-order valence-corrected chi connectivity index (χ4v) is 1.99. The molecule has 1 aromatic rings. The van der Waals surface area contributed by atoms with E-state index in [9.17, 15) is 4.79 Å². The summed E-state index contributed by atoms with van der Waals surface area (Å²) < 4.78 is 15.9. The molecule has 0 amide bonds. The smallest absolute Gasteiger partial charge is 0.334 e. The Kier molecular flexibility index (Phi) is 4.44. The van der Waals surface area contributed by atoms with E-state index in [0.29, 0.717) is 25.2 Å². The largest absolute Gasteiger partial charge is 0.497 e. The first kappa shape index (κ1) is 13.5. The van der Waals surface area contributed by atoms with Gasteiger partial charge in [0.1, 0.15) is 11.5 Å². The number of benzene rings is 1. The van der Waals surface area contributed by atoms with Crippen LogP contribution in [0.15, 0.2) is 23.8 Å². The average Bonchev–Trinajstić information content (AvgIpc) is 2.39. The quantitative estimate of drug-likeness (QED) is 0.786. The van der Waals surface area contributed by atoms with Crippen LogP contribution in [0, 0.1) is 0 Å². The molecule has 0 unspecified atom stereocenters. The fourth-order valence-electron chi connectivity index (χ4n) is 1.99. The first-order valence-corrected chi connectivity index (χ1v) is 6.43. The Balaban J connectivity index is 2.37. The van der Waals surface area contributed by atoms with Crippen LogP contribution in [-0.4, -0.2) is 26.3 Å². The molecule has 0 spiro atoms. The van der Waals surface area contributed by atoms with E-state index in [1.54, 1.807) is 7.11 Å². The lowest BCUT2D eigenvalue weighted by atomic mass is 10.0. The minimum absolute atomic E-state index is 0.252. The average molecular weight is 262 g/mol. The van der Waals surface area contributed by atoms with Gasteiger partial charge in [-0.1, -0.05) is 0 Å². The van der Waals surface area contributed by atoms with Crippen molar-refractivity contribution >= 4 is 12.0 Å². The molecule has 0 aromatic heterocycles. The number of fused-ring (bicyclic) bond motifs is 1. The van der Waals surface area contributed by atoms with E-state index in [0.717, 1.165) is 23.5 Å². The summed E-state index contributed by atoms with van der Waals surface area (Å²) in [5.41, 5.74) is 1.53. The van der Waals surface area contributed by atoms with Crippen LogP contribution >= 0.6 is 0 Å². The van der Waals surface area contributed by atoms with Crippen LogP contribution in [0.4, 0.5) is 0 Å². The van der Waals surface area contributed by atoms with Gasteiger partial charge in [-0.25, -0.2) is 4.79 Å². The van der Waals surface area contributed by atoms with Gasteiger partial charge < -0.3 is 14.2 Å². The Morgan fingerprint density at radius 3 is 3.00 bits per heavy atom. The molecule has 2 rings (SSSR count). The van der Waals surface area contributed by atoms with Gasteiger partial charge in [0.2, 0.25) is 0 Å². The molecular formula is C15H18O4. The second kappa shape index (κ2) is 6.27. The molecule has 1 aliphatic heterocycles. The number of esters is 1. The third-order valence-electron chi connectivity index (χ3n) is 2.93. The molecule has 102 valence electrons. The molecular weight excluding hydrogens is 244 g/mol. The first-order chi connectivity index (χ1) is 9.24. The number of rotatable bonds is 3. The SMILES string of the molecule is CCOC(=O)C1=Cc2cc(OC)ccc2OCCC1. The van der Waals surface area contributed by atoms with Crippen molar-refractivity contribution in [2.75, 3.05) is 20.3 Å². The van der Waals surface area contributed by atoms with Crippen LogP contribution in [0.25, 0.3) is 6.08 Å². The van der Waals surface area contributed by atoms with Crippen LogP contribution in [0.3, 0.4) is 0 Å². The summed E-state index contributed by atoms with van der Waals surface area (Å²) in [5.74, 6) is 1.25. The second-order valence-electron chi connectivity index (χ2n) is 4.25. The normalized spacial score (nSPS) is 14.3. The standard InChI is InChI=1S/C15H18O4/c1-3-18-15(16)11-5-4-8-19-14-7-6-13(17-2)10-12(14)9-11/h6-7,9-10H,3-5,8H2,1-2H3. The summed E-state index contributed by atoms with van der Waals surface area (Å²) in [6.07, 6.45) is 3.29. The first-order valence-electron chi connectivity index (χ1n) is 6.43. The van der Waals surface area contributed by atoms with Crippen LogP contribution in [-0.2, 0) is 9.53 Å². The number of ether oxygens (including phenoxy) is 3. The fraction of sp³-hybridized carbons (Fsp3) is 0.400. The maximum absolute atomic E-state index is 11.9. The number of hydrogen-bond donors (Lipinski definition) is 0. The van der Waals surface area contributed by atoms with Crippen molar-refractivity contribution in [3.05, 3.63) is 29.3 Å². The van der Waals surface area contributed by atoms with Crippen LogP contribution in [0.5, 0.6) is 11.5 Å². The van der Waals surface area contributed by atoms with Gasteiger partial charge in [-0.05, 0) is 44.0 Å². The lowest BCUT2D eigenvalue weighted by Gasteiger charge is -2.15. The Morgan fingerprint density at radius 1 is 1.42 bits per heavy atom. The van der Waals surface area contributed by atoms with Gasteiger partial charge in [-0.2, -0.15) is 0 Å². The van der Waals surface area contributed by atoms with Gasteiger partial charge in [0.05, 0.1) is 20.3 Å². The van der Waals surface area contributed by atoms with Crippen molar-refractivity contribution in [1.82, 2.24) is 0 Å². The Bertz CT molecular complexity index is 491. The van der Waals surface area contributed by atoms with Crippen molar-refractivity contribution in [3.8, 4) is 11.5 Å². The van der Waals surface area contributed by atoms with Crippen molar-refractivity contribution in [1.29, 1.82) is 0 Å². The van der Waals surface area contributed by atoms with Crippen LogP contribution in [0.2, 0.25) is 0 Å². The van der Waals surface area contributed by atoms with E-state index in [4.69, 9.17) is 14.2 Å². The van der Waals surface area contributed by atoms with Gasteiger partial charge in [0.15, 0.2) is 0 Å². The Labute approximate surface area is 113 Å². The minimum Gasteiger partial charge on any atom is -0.497 e. The zero-order valence-corrected chi connectivity index (χ0v) is 11.3. The van der Waals surface area contributed by atoms with Crippen LogP contribution in [0.1, 0.15) is 25.3 Å². The molecule has 1 aromatic carbocycles. The van der Waals surface area contributed by atoms with Crippen molar-refractivity contribution in [2.24, 2.45) is 0 Å². The summed E-state index contributed by atoms with van der Waals surface area (Å²) in [7, 11) is 1.61. The zero-order valence-electron chi connectivity index (χ0n) is 11.3. The van der Waals surface area contributed by atoms with E-state index in [-0.39, 0.29) is 5.97 Å². The molecule has 0 saturated heterocycles. The molecule has 0 aliphatic carbocycles. The summed E-state index contributed by atoms with van der Waals surface area (Å²) in [5, 5.41) is 0. The molecule has 0 bridgehead atoms. The molecule has 1 aliphatic rings. The molecule has 0 N–H and O–H groups in total. The van der Waals surface area contributed by atoms with E-state index in [1.807, 2.05) is 31.2 Å². The van der Waals surface area contributed by atoms with Crippen molar-refractivity contribution in [3.63, 3.8) is 0 Å². The molecule has 19 heavy (non-hydrogen) atoms. The molecule has 0 fully saturated rings. The maximum atomic E-state index is 11.9. The lowest BCUT2D eigenvalue weighted by molar-refractivity contribution is -0.138. The number of hydrogen-bond acceptors (Lipinski definition) is 4. The molecule has 0 radical (unpaired) electrons. The second-order valence-corrected chi connectivity index (χ2v) is 4.25. The Hall–Kier alpha value is -1.97. The molecule has 4 heteroatoms. The molecule has 0 atom stereocenters.